The molecule has 2 rings (SSSR count). The van der Waals surface area contributed by atoms with E-state index in [1.807, 2.05) is 19.9 Å². The maximum Gasteiger partial charge on any atom is 0.241 e. The Bertz CT molecular complexity index is 1320. The lowest BCUT2D eigenvalue weighted by molar-refractivity contribution is -0.115. The number of hydrogen-bond acceptors (Lipinski definition) is 6. The van der Waals surface area contributed by atoms with Gasteiger partial charge in [-0.2, -0.15) is 5.26 Å². The number of carbonyl (C=O) groups is 1. The molecule has 2 N–H and O–H groups in total. The molecule has 0 aliphatic heterocycles. The van der Waals surface area contributed by atoms with Gasteiger partial charge in [0.1, 0.15) is 17.6 Å². The number of hydrogen-bond donors (Lipinski definition) is 2. The number of halogens is 1. The molecule has 2 aromatic rings. The fourth-order valence-corrected chi connectivity index (χ4v) is 5.69. The molecule has 206 valence electrons. The van der Waals surface area contributed by atoms with Crippen molar-refractivity contribution in [2.45, 2.75) is 83.6 Å². The molecule has 0 radical (unpaired) electrons. The lowest BCUT2D eigenvalue weighted by atomic mass is 9.94. The summed E-state index contributed by atoms with van der Waals surface area (Å²) in [7, 11) is -2.57. The summed E-state index contributed by atoms with van der Waals surface area (Å²) < 4.78 is 44.6. The Labute approximate surface area is 226 Å². The number of hydroxylamine groups is 1. The van der Waals surface area contributed by atoms with Crippen LogP contribution < -0.4 is 10.2 Å². The van der Waals surface area contributed by atoms with E-state index in [0.717, 1.165) is 24.8 Å². The first kappa shape index (κ1) is 31.2. The van der Waals surface area contributed by atoms with Gasteiger partial charge in [-0.25, -0.2) is 17.5 Å². The average molecular weight is 544 g/mol. The highest BCUT2D eigenvalue weighted by atomic mass is 32.2. The van der Waals surface area contributed by atoms with Crippen molar-refractivity contribution < 1.29 is 22.4 Å². The Hall–Kier alpha value is -3.06. The predicted octanol–water partition coefficient (Wildman–Crippen LogP) is 5.75. The van der Waals surface area contributed by atoms with E-state index in [2.05, 4.69) is 10.2 Å². The van der Waals surface area contributed by atoms with Crippen LogP contribution in [0.3, 0.4) is 0 Å². The van der Waals surface area contributed by atoms with E-state index in [0.29, 0.717) is 17.5 Å². The second-order valence-electron chi connectivity index (χ2n) is 10.2. The van der Waals surface area contributed by atoms with Crippen molar-refractivity contribution in [1.29, 1.82) is 5.26 Å². The molecule has 38 heavy (non-hydrogen) atoms. The monoisotopic (exact) mass is 543 g/mol. The Balaban J connectivity index is 2.60. The van der Waals surface area contributed by atoms with E-state index in [1.54, 1.807) is 45.0 Å². The summed E-state index contributed by atoms with van der Waals surface area (Å²) in [6, 6.07) is 11.5. The number of allylic oxidation sites excluding steroid dienone is 2. The molecule has 0 bridgehead atoms. The molecule has 7 nitrogen and oxygen atoms in total. The van der Waals surface area contributed by atoms with Gasteiger partial charge in [0.25, 0.3) is 0 Å². The maximum absolute atomic E-state index is 15.5. The van der Waals surface area contributed by atoms with Gasteiger partial charge in [0.2, 0.25) is 10.0 Å². The fraction of sp³-hybridized carbons (Fsp3) is 0.448. The van der Waals surface area contributed by atoms with Gasteiger partial charge in [-0.05, 0) is 68.5 Å². The van der Waals surface area contributed by atoms with Crippen molar-refractivity contribution >= 4 is 15.8 Å². The number of sulfonamides is 1. The van der Waals surface area contributed by atoms with Gasteiger partial charge in [-0.1, -0.05) is 44.9 Å². The molecule has 0 saturated heterocycles. The number of ketones is 1. The van der Waals surface area contributed by atoms with Crippen LogP contribution in [0.1, 0.15) is 71.4 Å². The molecule has 0 amide bonds. The topological polar surface area (TPSA) is 108 Å². The van der Waals surface area contributed by atoms with Crippen LogP contribution >= 0.6 is 0 Å². The molecule has 0 aliphatic rings. The van der Waals surface area contributed by atoms with Gasteiger partial charge < -0.3 is 0 Å². The van der Waals surface area contributed by atoms with Crippen molar-refractivity contribution in [2.24, 2.45) is 0 Å². The molecule has 0 unspecified atom stereocenters. The van der Waals surface area contributed by atoms with Crippen molar-refractivity contribution in [3.05, 3.63) is 64.6 Å². The molecule has 0 heterocycles. The first-order chi connectivity index (χ1) is 17.9. The van der Waals surface area contributed by atoms with Crippen LogP contribution in [0.15, 0.2) is 52.6 Å². The standard InChI is InChI=1S/C29H38FN3O4S/c1-7-9-11-27(34)24(26(19-31)32-37-6)17-22-14-13-21(18-25(22)30)23-16-20(10-8-2)12-15-28(23)38(35,36)33-29(3,4)5/h12-16,18,32-33H,7-11,17H2,1-6H3. The SMILES string of the molecule is CCCCC(=O)C(Cc1ccc(-c2cc(CCC)ccc2S(=O)(=O)NC(C)(C)C)cc1F)=C(C#N)NOC. The highest BCUT2D eigenvalue weighted by Gasteiger charge is 2.26. The zero-order valence-electron chi connectivity index (χ0n) is 23.1. The van der Waals surface area contributed by atoms with Crippen LogP contribution in [-0.2, 0) is 32.5 Å². The Morgan fingerprint density at radius 1 is 1.11 bits per heavy atom. The predicted molar refractivity (Wildman–Crippen MR) is 147 cm³/mol. The van der Waals surface area contributed by atoms with E-state index in [9.17, 15) is 18.5 Å². The summed E-state index contributed by atoms with van der Waals surface area (Å²) in [5, 5.41) is 9.54. The summed E-state index contributed by atoms with van der Waals surface area (Å²) in [6.45, 7) is 9.25. The highest BCUT2D eigenvalue weighted by Crippen LogP contribution is 2.32. The van der Waals surface area contributed by atoms with Crippen LogP contribution in [0.25, 0.3) is 11.1 Å². The molecular weight excluding hydrogens is 505 g/mol. The van der Waals surface area contributed by atoms with Gasteiger partial charge in [0, 0.05) is 29.5 Å². The first-order valence-corrected chi connectivity index (χ1v) is 14.3. The zero-order valence-corrected chi connectivity index (χ0v) is 23.9. The molecular formula is C29H38FN3O4S. The third-order valence-electron chi connectivity index (χ3n) is 5.76. The van der Waals surface area contributed by atoms with Gasteiger partial charge in [0.15, 0.2) is 5.78 Å². The van der Waals surface area contributed by atoms with E-state index >= 15 is 4.39 Å². The van der Waals surface area contributed by atoms with Gasteiger partial charge in [0.05, 0.1) is 12.0 Å². The van der Waals surface area contributed by atoms with Crippen molar-refractivity contribution in [2.75, 3.05) is 7.11 Å². The van der Waals surface area contributed by atoms with Crippen molar-refractivity contribution in [3.63, 3.8) is 0 Å². The normalized spacial score (nSPS) is 12.6. The lowest BCUT2D eigenvalue weighted by Crippen LogP contribution is -2.40. The molecule has 0 spiro atoms. The third kappa shape index (κ3) is 8.48. The Morgan fingerprint density at radius 3 is 2.37 bits per heavy atom. The van der Waals surface area contributed by atoms with E-state index < -0.39 is 21.4 Å². The van der Waals surface area contributed by atoms with Crippen LogP contribution in [0, 0.1) is 17.1 Å². The number of rotatable bonds is 13. The number of Topliss-reactive ketones (excluding diaryl/α,β-unsaturated/α-hetero) is 1. The number of unbranched alkanes of at least 4 members (excludes halogenated alkanes) is 1. The minimum atomic E-state index is -3.89. The molecule has 0 atom stereocenters. The second-order valence-corrected chi connectivity index (χ2v) is 11.9. The number of nitrogens with one attached hydrogen (secondary N) is 2. The minimum absolute atomic E-state index is 0.0609. The highest BCUT2D eigenvalue weighted by molar-refractivity contribution is 7.89. The summed E-state index contributed by atoms with van der Waals surface area (Å²) in [4.78, 5) is 17.8. The minimum Gasteiger partial charge on any atom is -0.294 e. The largest absolute Gasteiger partial charge is 0.294 e. The van der Waals surface area contributed by atoms with Crippen LogP contribution in [0.2, 0.25) is 0 Å². The van der Waals surface area contributed by atoms with Gasteiger partial charge >= 0.3 is 0 Å². The lowest BCUT2D eigenvalue weighted by Gasteiger charge is -2.22. The van der Waals surface area contributed by atoms with E-state index in [-0.39, 0.29) is 40.4 Å². The third-order valence-corrected chi connectivity index (χ3v) is 7.57. The maximum atomic E-state index is 15.5. The summed E-state index contributed by atoms with van der Waals surface area (Å²) in [6.07, 6.45) is 3.18. The Kier molecular flexibility index (Phi) is 11.2. The number of carbonyl (C=O) groups excluding carboxylic acids is 1. The fourth-order valence-electron chi connectivity index (χ4n) is 4.06. The molecule has 2 aromatic carbocycles. The second kappa shape index (κ2) is 13.7. The van der Waals surface area contributed by atoms with Crippen molar-refractivity contribution in [1.82, 2.24) is 10.2 Å². The first-order valence-electron chi connectivity index (χ1n) is 12.8. The molecule has 0 fully saturated rings. The van der Waals surface area contributed by atoms with E-state index in [1.165, 1.54) is 19.2 Å². The Morgan fingerprint density at radius 2 is 1.82 bits per heavy atom. The molecule has 0 aromatic heterocycles. The number of nitrogens with zero attached hydrogens (tertiary/aromatic N) is 1. The van der Waals surface area contributed by atoms with Crippen molar-refractivity contribution in [3.8, 4) is 17.2 Å². The van der Waals surface area contributed by atoms with Crippen LogP contribution in [0.4, 0.5) is 4.39 Å². The summed E-state index contributed by atoms with van der Waals surface area (Å²) in [5.41, 5.74) is 3.75. The molecule has 0 saturated carbocycles. The van der Waals surface area contributed by atoms with Crippen LogP contribution in [0.5, 0.6) is 0 Å². The number of aryl methyl sites for hydroxylation is 1. The molecule has 9 heteroatoms. The summed E-state index contributed by atoms with van der Waals surface area (Å²) >= 11 is 0. The number of benzene rings is 2. The van der Waals surface area contributed by atoms with Crippen LogP contribution in [-0.4, -0.2) is 26.8 Å². The molecule has 0 aliphatic carbocycles. The smallest absolute Gasteiger partial charge is 0.241 e. The average Bonchev–Trinajstić information content (AvgIpc) is 2.84. The van der Waals surface area contributed by atoms with Gasteiger partial charge in [-0.3, -0.25) is 15.1 Å². The van der Waals surface area contributed by atoms with E-state index in [4.69, 9.17) is 4.84 Å². The number of nitriles is 1. The van der Waals surface area contributed by atoms with Gasteiger partial charge in [-0.15, -0.1) is 0 Å². The quantitative estimate of drug-likeness (QED) is 0.189. The summed E-state index contributed by atoms with van der Waals surface area (Å²) in [5.74, 6) is -0.864. The zero-order chi connectivity index (χ0) is 28.5.